The van der Waals surface area contributed by atoms with Crippen LogP contribution in [0.25, 0.3) is 0 Å². The van der Waals surface area contributed by atoms with E-state index in [1.165, 1.54) is 37.6 Å². The zero-order valence-corrected chi connectivity index (χ0v) is 11.8. The molecule has 0 N–H and O–H groups in total. The highest BCUT2D eigenvalue weighted by Crippen LogP contribution is 2.39. The van der Waals surface area contributed by atoms with Crippen molar-refractivity contribution in [3.63, 3.8) is 0 Å². The molecule has 4 heteroatoms. The van der Waals surface area contributed by atoms with E-state index in [0.29, 0.717) is 6.04 Å². The van der Waals surface area contributed by atoms with Crippen molar-refractivity contribution < 1.29 is 9.53 Å². The Hall–Kier alpha value is -1.32. The van der Waals surface area contributed by atoms with Crippen molar-refractivity contribution in [2.24, 2.45) is 11.8 Å². The number of rotatable bonds is 3. The molecule has 19 heavy (non-hydrogen) atoms. The Morgan fingerprint density at radius 2 is 2.32 bits per heavy atom. The second-order valence-electron chi connectivity index (χ2n) is 5.94. The van der Waals surface area contributed by atoms with E-state index in [4.69, 9.17) is 9.84 Å². The van der Waals surface area contributed by atoms with Crippen LogP contribution in [0.15, 0.2) is 6.20 Å². The molecule has 1 atom stereocenters. The van der Waals surface area contributed by atoms with E-state index in [1.54, 1.807) is 0 Å². The molecule has 0 bridgehead atoms. The van der Waals surface area contributed by atoms with Gasteiger partial charge in [0.25, 0.3) is 0 Å². The summed E-state index contributed by atoms with van der Waals surface area (Å²) in [6.45, 7) is 2.27. The topological polar surface area (TPSA) is 44.1 Å². The van der Waals surface area contributed by atoms with E-state index < -0.39 is 0 Å². The fraction of sp³-hybridized carbons (Fsp3) is 0.733. The molecule has 1 aromatic rings. The number of esters is 1. The standard InChI is InChI=1S/C15H22N2O2/c1-3-10-4-5-14-12(6-10)9-17(16-14)13-7-11(8-13)15(18)19-2/h9-11,13H,3-8H2,1-2H3. The van der Waals surface area contributed by atoms with Gasteiger partial charge >= 0.3 is 5.97 Å². The number of aromatic nitrogens is 2. The van der Waals surface area contributed by atoms with E-state index in [2.05, 4.69) is 17.8 Å². The fourth-order valence-electron chi connectivity index (χ4n) is 3.30. The van der Waals surface area contributed by atoms with Crippen molar-refractivity contribution in [3.05, 3.63) is 17.5 Å². The van der Waals surface area contributed by atoms with Crippen LogP contribution in [-0.2, 0) is 22.4 Å². The van der Waals surface area contributed by atoms with Crippen LogP contribution in [0.3, 0.4) is 0 Å². The van der Waals surface area contributed by atoms with Gasteiger partial charge in [-0.2, -0.15) is 5.10 Å². The molecule has 1 fully saturated rings. The second-order valence-corrected chi connectivity index (χ2v) is 5.94. The van der Waals surface area contributed by atoms with Gasteiger partial charge in [0, 0.05) is 6.20 Å². The molecule has 1 heterocycles. The summed E-state index contributed by atoms with van der Waals surface area (Å²) >= 11 is 0. The highest BCUT2D eigenvalue weighted by atomic mass is 16.5. The Balaban J connectivity index is 1.65. The van der Waals surface area contributed by atoms with Crippen LogP contribution in [-0.4, -0.2) is 22.9 Å². The van der Waals surface area contributed by atoms with Crippen LogP contribution in [0, 0.1) is 11.8 Å². The molecule has 3 rings (SSSR count). The Labute approximate surface area is 114 Å². The van der Waals surface area contributed by atoms with Gasteiger partial charge in [0.05, 0.1) is 24.8 Å². The Bertz CT molecular complexity index is 474. The average Bonchev–Trinajstić information content (AvgIpc) is 2.78. The highest BCUT2D eigenvalue weighted by Gasteiger charge is 2.37. The third kappa shape index (κ3) is 2.28. The molecule has 0 spiro atoms. The second kappa shape index (κ2) is 4.99. The fourth-order valence-corrected chi connectivity index (χ4v) is 3.30. The van der Waals surface area contributed by atoms with Gasteiger partial charge in [-0.05, 0) is 43.6 Å². The maximum atomic E-state index is 11.4. The van der Waals surface area contributed by atoms with Crippen LogP contribution in [0.1, 0.15) is 49.9 Å². The maximum Gasteiger partial charge on any atom is 0.308 e. The van der Waals surface area contributed by atoms with Crippen molar-refractivity contribution in [1.82, 2.24) is 9.78 Å². The Morgan fingerprint density at radius 3 is 3.00 bits per heavy atom. The monoisotopic (exact) mass is 262 g/mol. The molecule has 2 aliphatic carbocycles. The zero-order valence-electron chi connectivity index (χ0n) is 11.8. The van der Waals surface area contributed by atoms with Gasteiger partial charge in [-0.25, -0.2) is 0 Å². The number of methoxy groups -OCH3 is 1. The van der Waals surface area contributed by atoms with E-state index in [-0.39, 0.29) is 11.9 Å². The minimum atomic E-state index is -0.0702. The SMILES string of the molecule is CCC1CCc2nn(C3CC(C(=O)OC)C3)cc2C1. The number of carbonyl (C=O) groups is 1. The third-order valence-corrected chi connectivity index (χ3v) is 4.79. The smallest absolute Gasteiger partial charge is 0.308 e. The Morgan fingerprint density at radius 1 is 1.53 bits per heavy atom. The molecule has 0 aliphatic heterocycles. The third-order valence-electron chi connectivity index (χ3n) is 4.79. The lowest BCUT2D eigenvalue weighted by atomic mass is 9.80. The van der Waals surface area contributed by atoms with Gasteiger partial charge in [0.1, 0.15) is 0 Å². The predicted molar refractivity (Wildman–Crippen MR) is 71.8 cm³/mol. The molecular weight excluding hydrogens is 240 g/mol. The van der Waals surface area contributed by atoms with Gasteiger partial charge in [0.15, 0.2) is 0 Å². The highest BCUT2D eigenvalue weighted by molar-refractivity contribution is 5.73. The molecule has 1 aromatic heterocycles. The minimum Gasteiger partial charge on any atom is -0.469 e. The zero-order chi connectivity index (χ0) is 13.4. The summed E-state index contributed by atoms with van der Waals surface area (Å²) in [5, 5.41) is 4.73. The molecule has 1 saturated carbocycles. The van der Waals surface area contributed by atoms with Crippen molar-refractivity contribution in [2.45, 2.75) is 51.5 Å². The van der Waals surface area contributed by atoms with Gasteiger partial charge in [-0.15, -0.1) is 0 Å². The first-order chi connectivity index (χ1) is 9.21. The summed E-state index contributed by atoms with van der Waals surface area (Å²) in [6, 6.07) is 0.398. The molecule has 0 saturated heterocycles. The van der Waals surface area contributed by atoms with Crippen LogP contribution in [0.2, 0.25) is 0 Å². The number of hydrogen-bond donors (Lipinski definition) is 0. The normalized spacial score (nSPS) is 29.5. The number of fused-ring (bicyclic) bond motifs is 1. The lowest BCUT2D eigenvalue weighted by molar-refractivity contribution is -0.149. The minimum absolute atomic E-state index is 0.0702. The van der Waals surface area contributed by atoms with Gasteiger partial charge in [-0.1, -0.05) is 13.3 Å². The van der Waals surface area contributed by atoms with Crippen molar-refractivity contribution >= 4 is 5.97 Å². The molecule has 1 unspecified atom stereocenters. The molecule has 104 valence electrons. The summed E-state index contributed by atoms with van der Waals surface area (Å²) < 4.78 is 6.88. The van der Waals surface area contributed by atoms with E-state index >= 15 is 0 Å². The Kier molecular flexibility index (Phi) is 3.33. The summed E-state index contributed by atoms with van der Waals surface area (Å²) in [5.41, 5.74) is 2.71. The van der Waals surface area contributed by atoms with Gasteiger partial charge < -0.3 is 4.74 Å². The predicted octanol–water partition coefficient (Wildman–Crippen LogP) is 2.52. The lowest BCUT2D eigenvalue weighted by Crippen LogP contribution is -2.33. The van der Waals surface area contributed by atoms with Crippen LogP contribution >= 0.6 is 0 Å². The first kappa shape index (κ1) is 12.7. The quantitative estimate of drug-likeness (QED) is 0.786. The molecule has 0 aromatic carbocycles. The number of nitrogens with zero attached hydrogens (tertiary/aromatic N) is 2. The number of carbonyl (C=O) groups excluding carboxylic acids is 1. The van der Waals surface area contributed by atoms with Crippen LogP contribution < -0.4 is 0 Å². The van der Waals surface area contributed by atoms with Gasteiger partial charge in [-0.3, -0.25) is 9.48 Å². The molecule has 0 radical (unpaired) electrons. The summed E-state index contributed by atoms with van der Waals surface area (Å²) in [4.78, 5) is 11.4. The van der Waals surface area contributed by atoms with Crippen molar-refractivity contribution in [3.8, 4) is 0 Å². The van der Waals surface area contributed by atoms with Crippen LogP contribution in [0.4, 0.5) is 0 Å². The summed E-state index contributed by atoms with van der Waals surface area (Å²) in [6.07, 6.45) is 8.81. The van der Waals surface area contributed by atoms with E-state index in [1.807, 2.05) is 0 Å². The molecule has 4 nitrogen and oxygen atoms in total. The van der Waals surface area contributed by atoms with E-state index in [0.717, 1.165) is 25.2 Å². The first-order valence-electron chi connectivity index (χ1n) is 7.36. The lowest BCUT2D eigenvalue weighted by Gasteiger charge is -2.33. The first-order valence-corrected chi connectivity index (χ1v) is 7.36. The number of ether oxygens (including phenoxy) is 1. The van der Waals surface area contributed by atoms with Crippen LogP contribution in [0.5, 0.6) is 0 Å². The number of aryl methyl sites for hydroxylation is 1. The summed E-state index contributed by atoms with van der Waals surface area (Å²) in [5.74, 6) is 0.841. The van der Waals surface area contributed by atoms with Crippen molar-refractivity contribution in [2.75, 3.05) is 7.11 Å². The summed E-state index contributed by atoms with van der Waals surface area (Å²) in [7, 11) is 1.47. The van der Waals surface area contributed by atoms with Crippen molar-refractivity contribution in [1.29, 1.82) is 0 Å². The maximum absolute atomic E-state index is 11.4. The molecular formula is C15H22N2O2. The average molecular weight is 262 g/mol. The van der Waals surface area contributed by atoms with E-state index in [9.17, 15) is 4.79 Å². The number of hydrogen-bond acceptors (Lipinski definition) is 3. The molecule has 2 aliphatic rings. The van der Waals surface area contributed by atoms with Gasteiger partial charge in [0.2, 0.25) is 0 Å². The molecule has 0 amide bonds. The largest absolute Gasteiger partial charge is 0.469 e.